The third-order valence-corrected chi connectivity index (χ3v) is 6.41. The molecular weight excluding hydrogens is 656 g/mol. The number of aryl methyl sites for hydroxylation is 1. The average molecular weight is 700 g/mol. The molecule has 42 heavy (non-hydrogen) atoms. The van der Waals surface area contributed by atoms with Gasteiger partial charge in [-0.1, -0.05) is 48.6 Å². The van der Waals surface area contributed by atoms with Crippen molar-refractivity contribution in [3.8, 4) is 17.2 Å². The highest BCUT2D eigenvalue weighted by atomic mass is 127. The van der Waals surface area contributed by atoms with E-state index in [4.69, 9.17) is 14.7 Å². The lowest BCUT2D eigenvalue weighted by Gasteiger charge is -2.35. The highest BCUT2D eigenvalue weighted by Gasteiger charge is 2.52. The van der Waals surface area contributed by atoms with Crippen LogP contribution in [0.15, 0.2) is 30.6 Å². The second-order valence-electron chi connectivity index (χ2n) is 10.4. The minimum atomic E-state index is -0.577. The Morgan fingerprint density at radius 3 is 2.43 bits per heavy atom. The molecule has 3 atom stereocenters. The summed E-state index contributed by atoms with van der Waals surface area (Å²) in [5, 5.41) is 15.0. The molecule has 2 aromatic rings. The molecule has 0 spiro atoms. The molecule has 2 bridgehead atoms. The monoisotopic (exact) mass is 699 g/mol. The van der Waals surface area contributed by atoms with Crippen molar-refractivity contribution in [1.29, 1.82) is 5.26 Å². The largest absolute Gasteiger partial charge is 0.444 e. The Bertz CT molecular complexity index is 1220. The number of carbonyl (C=O) groups excluding carboxylic acids is 3. The van der Waals surface area contributed by atoms with Gasteiger partial charge >= 0.3 is 6.09 Å². The fourth-order valence-corrected chi connectivity index (χ4v) is 4.70. The van der Waals surface area contributed by atoms with E-state index in [9.17, 15) is 18.8 Å². The number of alkyl halides is 1. The van der Waals surface area contributed by atoms with E-state index < -0.39 is 17.7 Å². The number of piperidine rings is 1. The third kappa shape index (κ3) is 10.3. The fraction of sp³-hybridized carbons (Fsp3) is 0.567. The van der Waals surface area contributed by atoms with Crippen molar-refractivity contribution in [2.75, 3.05) is 25.2 Å². The van der Waals surface area contributed by atoms with Gasteiger partial charge in [-0.2, -0.15) is 10.4 Å². The smallest absolute Gasteiger partial charge is 0.411 e. The zero-order valence-electron chi connectivity index (χ0n) is 25.7. The van der Waals surface area contributed by atoms with Crippen LogP contribution in [0.2, 0.25) is 0 Å². The summed E-state index contributed by atoms with van der Waals surface area (Å²) in [6.45, 7) is 11.1. The number of amides is 2. The summed E-state index contributed by atoms with van der Waals surface area (Å²) in [5.41, 5.74) is 1.39. The molecule has 1 aromatic heterocycles. The fourth-order valence-electron chi connectivity index (χ4n) is 4.70. The highest BCUT2D eigenvalue weighted by Crippen LogP contribution is 2.43. The summed E-state index contributed by atoms with van der Waals surface area (Å²) in [4.78, 5) is 39.5. The average Bonchev–Trinajstić information content (AvgIpc) is 3.72. The number of methoxy groups -OCH3 is 1. The maximum atomic E-state index is 13.4. The predicted octanol–water partition coefficient (Wildman–Crippen LogP) is 5.78. The Balaban J connectivity index is 0.000000377. The van der Waals surface area contributed by atoms with Crippen LogP contribution in [-0.4, -0.2) is 75.5 Å². The molecule has 0 radical (unpaired) electrons. The van der Waals surface area contributed by atoms with Crippen molar-refractivity contribution in [2.24, 2.45) is 5.92 Å². The van der Waals surface area contributed by atoms with Crippen LogP contribution in [0.25, 0.3) is 11.1 Å². The van der Waals surface area contributed by atoms with Crippen LogP contribution >= 0.6 is 22.6 Å². The van der Waals surface area contributed by atoms with Crippen LogP contribution in [-0.2, 0) is 14.3 Å². The van der Waals surface area contributed by atoms with E-state index >= 15 is 0 Å². The third-order valence-electron chi connectivity index (χ3n) is 6.41. The zero-order chi connectivity index (χ0) is 32.0. The van der Waals surface area contributed by atoms with Crippen molar-refractivity contribution in [1.82, 2.24) is 20.0 Å². The number of aromatic nitrogens is 2. The first-order valence-corrected chi connectivity index (χ1v) is 16.0. The summed E-state index contributed by atoms with van der Waals surface area (Å²) in [6.07, 6.45) is 5.38. The quantitative estimate of drug-likeness (QED) is 0.239. The minimum Gasteiger partial charge on any atom is -0.444 e. The van der Waals surface area contributed by atoms with E-state index in [0.717, 1.165) is 19.3 Å². The first kappa shape index (κ1) is 37.0. The number of carbonyl (C=O) groups is 3. The molecule has 1 aliphatic heterocycles. The molecule has 232 valence electrons. The summed E-state index contributed by atoms with van der Waals surface area (Å²) in [5.74, 6) is -0.601. The molecule has 2 fully saturated rings. The molecule has 1 aliphatic carbocycles. The predicted molar refractivity (Wildman–Crippen MR) is 168 cm³/mol. The summed E-state index contributed by atoms with van der Waals surface area (Å²) in [6, 6.07) is 6.40. The number of nitriles is 1. The van der Waals surface area contributed by atoms with Gasteiger partial charge in [-0.25, -0.2) is 13.9 Å². The Morgan fingerprint density at radius 2 is 1.86 bits per heavy atom. The molecule has 1 saturated carbocycles. The van der Waals surface area contributed by atoms with Gasteiger partial charge < -0.3 is 14.8 Å². The molecule has 1 aromatic carbocycles. The topological polar surface area (TPSA) is 127 Å². The Kier molecular flexibility index (Phi) is 15.7. The number of ether oxygens (including phenoxy) is 2. The number of nitrogens with zero attached hydrogens (tertiary/aromatic N) is 4. The molecule has 1 N–H and O–H groups in total. The lowest BCUT2D eigenvalue weighted by molar-refractivity contribution is -0.127. The summed E-state index contributed by atoms with van der Waals surface area (Å²) >= 11 is 2.15. The van der Waals surface area contributed by atoms with E-state index in [1.807, 2.05) is 45.6 Å². The Morgan fingerprint density at radius 1 is 1.19 bits per heavy atom. The van der Waals surface area contributed by atoms with Gasteiger partial charge in [0, 0.05) is 24.9 Å². The number of rotatable bonds is 5. The zero-order valence-corrected chi connectivity index (χ0v) is 27.9. The number of halogens is 2. The van der Waals surface area contributed by atoms with Gasteiger partial charge in [-0.3, -0.25) is 14.5 Å². The number of nitrogens with one attached hydrogen (secondary N) is 1. The molecule has 4 rings (SSSR count). The van der Waals surface area contributed by atoms with Gasteiger partial charge in [0.2, 0.25) is 5.91 Å². The van der Waals surface area contributed by atoms with Crippen molar-refractivity contribution in [3.63, 3.8) is 0 Å². The lowest BCUT2D eigenvalue weighted by atomic mass is 9.98. The number of benzene rings is 1. The van der Waals surface area contributed by atoms with Crippen molar-refractivity contribution in [3.05, 3.63) is 42.0 Å². The summed E-state index contributed by atoms with van der Waals surface area (Å²) in [7, 11) is 1.44. The number of hydrogen-bond acceptors (Lipinski definition) is 7. The highest BCUT2D eigenvalue weighted by molar-refractivity contribution is 14.1. The minimum absolute atomic E-state index is 0.0329. The number of fused-ring (bicyclic) bond motifs is 2. The molecule has 2 heterocycles. The van der Waals surface area contributed by atoms with Crippen molar-refractivity contribution >= 4 is 40.5 Å². The van der Waals surface area contributed by atoms with Crippen LogP contribution < -0.4 is 5.32 Å². The second kappa shape index (κ2) is 17.8. The normalized spacial score (nSPS) is 18.2. The van der Waals surface area contributed by atoms with Crippen molar-refractivity contribution in [2.45, 2.75) is 78.5 Å². The lowest BCUT2D eigenvalue weighted by Crippen LogP contribution is -2.53. The number of likely N-dealkylation sites (tertiary alicyclic amines) is 1. The molecule has 10 nitrogen and oxygen atoms in total. The van der Waals surface area contributed by atoms with Gasteiger partial charge in [-0.15, -0.1) is 0 Å². The first-order chi connectivity index (χ1) is 19.9. The molecular formula is C30H43FIN5O5. The second-order valence-corrected chi connectivity index (χ2v) is 10.4. The molecule has 2 unspecified atom stereocenters. The Hall–Kier alpha value is -3.05. The van der Waals surface area contributed by atoms with E-state index in [2.05, 4.69) is 33.0 Å². The van der Waals surface area contributed by atoms with E-state index in [0.29, 0.717) is 16.7 Å². The van der Waals surface area contributed by atoms with Crippen LogP contribution in [0.5, 0.6) is 0 Å². The van der Waals surface area contributed by atoms with Gasteiger partial charge in [0.1, 0.15) is 30.6 Å². The molecule has 2 amide bonds. The maximum absolute atomic E-state index is 13.4. The molecule has 2 aliphatic rings. The summed E-state index contributed by atoms with van der Waals surface area (Å²) < 4.78 is 24.8. The van der Waals surface area contributed by atoms with Gasteiger partial charge in [0.05, 0.1) is 12.3 Å². The van der Waals surface area contributed by atoms with Gasteiger partial charge in [0.25, 0.3) is 5.91 Å². The van der Waals surface area contributed by atoms with Crippen molar-refractivity contribution < 1.29 is 28.2 Å². The maximum Gasteiger partial charge on any atom is 0.411 e. The van der Waals surface area contributed by atoms with E-state index in [-0.39, 0.29) is 42.7 Å². The first-order valence-electron chi connectivity index (χ1n) is 13.8. The van der Waals surface area contributed by atoms with E-state index in [1.54, 1.807) is 30.2 Å². The Labute approximate surface area is 262 Å². The van der Waals surface area contributed by atoms with Gasteiger partial charge in [-0.05, 0) is 75.0 Å². The van der Waals surface area contributed by atoms with Gasteiger partial charge in [0.15, 0.2) is 0 Å². The van der Waals surface area contributed by atoms with Crippen LogP contribution in [0.3, 0.4) is 0 Å². The number of hydrogen-bond donors (Lipinski definition) is 1. The van der Waals surface area contributed by atoms with E-state index in [1.165, 1.54) is 24.1 Å². The SMILES string of the molecule is CC.CC(C)(C)OC(=O)N1C2CCC(C2)[C@H]1C(=O)NCC#N.CI.COCC(=O)n1cc(-c2ccc(C)c(F)c2)cn1. The van der Waals surface area contributed by atoms with Crippen LogP contribution in [0.4, 0.5) is 9.18 Å². The molecule has 1 saturated heterocycles. The standard InChI is InChI=1S/C14H21N3O3.C13H13FN2O2.C2H6.CH3I/c1-14(2,3)20-13(19)17-10-5-4-9(8-10)11(17)12(18)16-7-6-15;1-9-3-4-10(5-12(9)14)11-6-15-16(7-11)13(17)8-18-2;2*1-2/h9-11H,4-5,7-8H2,1-3H3,(H,16,18);3-7H,8H2,1-2H3;1-2H3;1H3/t9?,10?,11-;;;/m0.../s1. The molecule has 12 heteroatoms. The van der Waals surface area contributed by atoms with Crippen LogP contribution in [0, 0.1) is 30.0 Å². The van der Waals surface area contributed by atoms with Crippen LogP contribution in [0.1, 0.15) is 64.2 Å².